The first-order chi connectivity index (χ1) is 10.9. The number of rotatable bonds is 4. The summed E-state index contributed by atoms with van der Waals surface area (Å²) in [6, 6.07) is 7.33. The molecule has 1 aromatic carbocycles. The van der Waals surface area contributed by atoms with Gasteiger partial charge in [0.2, 0.25) is 0 Å². The van der Waals surface area contributed by atoms with Gasteiger partial charge in [-0.1, -0.05) is 13.8 Å². The van der Waals surface area contributed by atoms with Crippen molar-refractivity contribution in [1.29, 1.82) is 0 Å². The minimum absolute atomic E-state index is 0.145. The number of benzene rings is 1. The van der Waals surface area contributed by atoms with Crippen molar-refractivity contribution in [2.45, 2.75) is 38.9 Å². The lowest BCUT2D eigenvalue weighted by Gasteiger charge is -2.12. The van der Waals surface area contributed by atoms with Gasteiger partial charge in [-0.3, -0.25) is 0 Å². The lowest BCUT2D eigenvalue weighted by atomic mass is 10.1. The van der Waals surface area contributed by atoms with Crippen LogP contribution >= 0.6 is 0 Å². The van der Waals surface area contributed by atoms with E-state index in [1.54, 1.807) is 12.3 Å². The van der Waals surface area contributed by atoms with Crippen molar-refractivity contribution in [1.82, 2.24) is 9.55 Å². The predicted octanol–water partition coefficient (Wildman–Crippen LogP) is 5.21. The van der Waals surface area contributed by atoms with Crippen molar-refractivity contribution >= 4 is 11.0 Å². The Hall–Kier alpha value is -2.24. The Kier molecular flexibility index (Phi) is 3.92. The fourth-order valence-electron chi connectivity index (χ4n) is 2.61. The number of hydrogen-bond donors (Lipinski definition) is 0. The third-order valence-corrected chi connectivity index (χ3v) is 4.05. The zero-order valence-corrected chi connectivity index (χ0v) is 12.9. The highest BCUT2D eigenvalue weighted by Crippen LogP contribution is 2.33. The van der Waals surface area contributed by atoms with Crippen molar-refractivity contribution in [3.63, 3.8) is 0 Å². The van der Waals surface area contributed by atoms with Crippen LogP contribution in [0.2, 0.25) is 0 Å². The number of halogens is 3. The third kappa shape index (κ3) is 2.98. The van der Waals surface area contributed by atoms with Crippen molar-refractivity contribution in [3.05, 3.63) is 53.7 Å². The van der Waals surface area contributed by atoms with E-state index in [9.17, 15) is 13.2 Å². The largest absolute Gasteiger partial charge is 0.467 e. The Morgan fingerprint density at radius 1 is 1.26 bits per heavy atom. The molecule has 0 aliphatic carbocycles. The molecule has 0 N–H and O–H groups in total. The van der Waals surface area contributed by atoms with E-state index < -0.39 is 11.7 Å². The molecule has 3 aromatic rings. The summed E-state index contributed by atoms with van der Waals surface area (Å²) < 4.78 is 46.0. The van der Waals surface area contributed by atoms with Gasteiger partial charge in [-0.25, -0.2) is 4.98 Å². The molecule has 0 saturated heterocycles. The topological polar surface area (TPSA) is 31.0 Å². The molecule has 0 bridgehead atoms. The molecule has 0 aliphatic rings. The van der Waals surface area contributed by atoms with E-state index in [2.05, 4.69) is 4.98 Å². The monoisotopic (exact) mass is 322 g/mol. The Labute approximate surface area is 131 Å². The molecule has 0 radical (unpaired) electrons. The number of hydrogen-bond acceptors (Lipinski definition) is 2. The van der Waals surface area contributed by atoms with Gasteiger partial charge in [0.25, 0.3) is 0 Å². The van der Waals surface area contributed by atoms with Crippen molar-refractivity contribution in [2.24, 2.45) is 0 Å². The molecule has 3 rings (SSSR count). The molecular weight excluding hydrogens is 305 g/mol. The van der Waals surface area contributed by atoms with Crippen LogP contribution in [0, 0.1) is 0 Å². The number of imidazole rings is 1. The Balaban J connectivity index is 2.14. The second-order valence-electron chi connectivity index (χ2n) is 5.65. The van der Waals surface area contributed by atoms with E-state index in [1.165, 1.54) is 6.07 Å². The van der Waals surface area contributed by atoms with Gasteiger partial charge < -0.3 is 8.98 Å². The summed E-state index contributed by atoms with van der Waals surface area (Å²) >= 11 is 0. The van der Waals surface area contributed by atoms with Gasteiger partial charge in [0.05, 0.1) is 29.4 Å². The van der Waals surface area contributed by atoms with Crippen LogP contribution in [-0.2, 0) is 12.7 Å². The van der Waals surface area contributed by atoms with Gasteiger partial charge in [0.15, 0.2) is 0 Å². The van der Waals surface area contributed by atoms with E-state index in [0.29, 0.717) is 17.6 Å². The highest BCUT2D eigenvalue weighted by molar-refractivity contribution is 5.77. The zero-order valence-electron chi connectivity index (χ0n) is 12.9. The molecule has 0 spiro atoms. The first kappa shape index (κ1) is 15.6. The average Bonchev–Trinajstić information content (AvgIpc) is 3.13. The number of fused-ring (bicyclic) bond motifs is 1. The quantitative estimate of drug-likeness (QED) is 0.660. The molecule has 0 amide bonds. The van der Waals surface area contributed by atoms with Crippen molar-refractivity contribution in [2.75, 3.05) is 0 Å². The predicted molar refractivity (Wildman–Crippen MR) is 81.3 cm³/mol. The summed E-state index contributed by atoms with van der Waals surface area (Å²) in [7, 11) is 0. The SMILES string of the molecule is CCC(C)c1nc2cc(C(F)(F)F)ccc2n1Cc1ccco1. The van der Waals surface area contributed by atoms with Gasteiger partial charge in [0.1, 0.15) is 11.6 Å². The second kappa shape index (κ2) is 5.76. The summed E-state index contributed by atoms with van der Waals surface area (Å²) in [4.78, 5) is 4.46. The lowest BCUT2D eigenvalue weighted by molar-refractivity contribution is -0.137. The Morgan fingerprint density at radius 3 is 2.65 bits per heavy atom. The Bertz CT molecular complexity index is 803. The molecule has 0 fully saturated rings. The maximum Gasteiger partial charge on any atom is 0.416 e. The van der Waals surface area contributed by atoms with Crippen LogP contribution in [0.3, 0.4) is 0 Å². The number of furan rings is 1. The van der Waals surface area contributed by atoms with Gasteiger partial charge in [-0.05, 0) is 36.8 Å². The summed E-state index contributed by atoms with van der Waals surface area (Å²) in [6.07, 6.45) is -1.93. The minimum atomic E-state index is -4.37. The standard InChI is InChI=1S/C17H17F3N2O/c1-3-11(2)16-21-14-9-12(17(18,19)20)6-7-15(14)22(16)10-13-5-4-8-23-13/h4-9,11H,3,10H2,1-2H3. The van der Waals surface area contributed by atoms with Crippen molar-refractivity contribution < 1.29 is 17.6 Å². The summed E-state index contributed by atoms with van der Waals surface area (Å²) in [5.41, 5.74) is 0.370. The molecule has 6 heteroatoms. The van der Waals surface area contributed by atoms with E-state index in [0.717, 1.165) is 30.1 Å². The smallest absolute Gasteiger partial charge is 0.416 e. The van der Waals surface area contributed by atoms with Crippen LogP contribution in [0.4, 0.5) is 13.2 Å². The summed E-state index contributed by atoms with van der Waals surface area (Å²) in [5.74, 6) is 1.67. The fraction of sp³-hybridized carbons (Fsp3) is 0.353. The zero-order chi connectivity index (χ0) is 16.6. The molecule has 0 saturated carbocycles. The second-order valence-corrected chi connectivity index (χ2v) is 5.65. The van der Waals surface area contributed by atoms with Crippen LogP contribution in [0.25, 0.3) is 11.0 Å². The van der Waals surface area contributed by atoms with Crippen LogP contribution in [0.5, 0.6) is 0 Å². The summed E-state index contributed by atoms with van der Waals surface area (Å²) in [5, 5.41) is 0. The fourth-order valence-corrected chi connectivity index (χ4v) is 2.61. The summed E-state index contributed by atoms with van der Waals surface area (Å²) in [6.45, 7) is 4.50. The van der Waals surface area contributed by atoms with E-state index in [4.69, 9.17) is 4.42 Å². The lowest BCUT2D eigenvalue weighted by Crippen LogP contribution is -2.07. The van der Waals surface area contributed by atoms with Gasteiger partial charge in [0, 0.05) is 5.92 Å². The highest BCUT2D eigenvalue weighted by atomic mass is 19.4. The molecule has 2 heterocycles. The van der Waals surface area contributed by atoms with Crippen LogP contribution < -0.4 is 0 Å². The Morgan fingerprint density at radius 2 is 2.04 bits per heavy atom. The molecule has 1 atom stereocenters. The third-order valence-electron chi connectivity index (χ3n) is 4.05. The van der Waals surface area contributed by atoms with E-state index >= 15 is 0 Å². The van der Waals surface area contributed by atoms with Gasteiger partial charge >= 0.3 is 6.18 Å². The first-order valence-corrected chi connectivity index (χ1v) is 7.50. The molecule has 3 nitrogen and oxygen atoms in total. The van der Waals surface area contributed by atoms with Gasteiger partial charge in [-0.2, -0.15) is 13.2 Å². The van der Waals surface area contributed by atoms with E-state index in [1.807, 2.05) is 24.5 Å². The molecule has 23 heavy (non-hydrogen) atoms. The van der Waals surface area contributed by atoms with Gasteiger partial charge in [-0.15, -0.1) is 0 Å². The van der Waals surface area contributed by atoms with Crippen molar-refractivity contribution in [3.8, 4) is 0 Å². The number of aromatic nitrogens is 2. The normalized spacial score (nSPS) is 13.6. The molecule has 2 aromatic heterocycles. The minimum Gasteiger partial charge on any atom is -0.467 e. The molecule has 122 valence electrons. The highest BCUT2D eigenvalue weighted by Gasteiger charge is 2.31. The molecular formula is C17H17F3N2O. The molecule has 0 aliphatic heterocycles. The average molecular weight is 322 g/mol. The maximum atomic E-state index is 12.9. The number of alkyl halides is 3. The molecule has 1 unspecified atom stereocenters. The van der Waals surface area contributed by atoms with E-state index in [-0.39, 0.29) is 5.92 Å². The first-order valence-electron chi connectivity index (χ1n) is 7.50. The van der Waals surface area contributed by atoms with Crippen LogP contribution in [0.15, 0.2) is 41.0 Å². The maximum absolute atomic E-state index is 12.9. The van der Waals surface area contributed by atoms with Crippen LogP contribution in [-0.4, -0.2) is 9.55 Å². The van der Waals surface area contributed by atoms with Crippen LogP contribution in [0.1, 0.15) is 43.3 Å². The number of nitrogens with zero attached hydrogens (tertiary/aromatic N) is 2.